The van der Waals surface area contributed by atoms with E-state index in [1.807, 2.05) is 0 Å². The number of esters is 10. The average molecular weight is 1230 g/mol. The molecule has 3 aromatic carbocycles. The van der Waals surface area contributed by atoms with Gasteiger partial charge in [-0.15, -0.1) is 0 Å². The maximum Gasteiger partial charge on any atom is 0.338 e. The Labute approximate surface area is 505 Å². The first-order chi connectivity index (χ1) is 42.1. The fraction of sp³-hybridized carbons (Fsp3) is 0.355. The van der Waals surface area contributed by atoms with Crippen molar-refractivity contribution in [3.05, 3.63) is 135 Å². The van der Waals surface area contributed by atoms with E-state index in [1.165, 1.54) is 36.4 Å². The van der Waals surface area contributed by atoms with Gasteiger partial charge in [0.2, 0.25) is 52.3 Å². The second-order valence-corrected chi connectivity index (χ2v) is 19.2. The van der Waals surface area contributed by atoms with Crippen LogP contribution in [-0.4, -0.2) is 113 Å². The molecule has 0 radical (unpaired) electrons. The van der Waals surface area contributed by atoms with Crippen LogP contribution in [0, 0.1) is 37.5 Å². The van der Waals surface area contributed by atoms with Crippen molar-refractivity contribution in [2.45, 2.75) is 78.4 Å². The maximum atomic E-state index is 13.8. The smallest absolute Gasteiger partial charge is 0.338 e. The van der Waals surface area contributed by atoms with Crippen molar-refractivity contribution in [1.29, 1.82) is 0 Å². The predicted molar refractivity (Wildman–Crippen MR) is 302 cm³/mol. The van der Waals surface area contributed by atoms with E-state index in [2.05, 4.69) is 39.5 Å². The summed E-state index contributed by atoms with van der Waals surface area (Å²) in [5.41, 5.74) is 0.773. The molecule has 0 amide bonds. The highest BCUT2D eigenvalue weighted by atomic mass is 16.7. The van der Waals surface area contributed by atoms with Crippen LogP contribution in [0.15, 0.2) is 112 Å². The molecule has 3 aromatic rings. The van der Waals surface area contributed by atoms with E-state index in [4.69, 9.17) is 75.8 Å². The van der Waals surface area contributed by atoms with Crippen LogP contribution in [0.4, 0.5) is 0 Å². The van der Waals surface area contributed by atoms with E-state index in [0.717, 1.165) is 36.5 Å². The first-order valence-electron chi connectivity index (χ1n) is 27.0. The van der Waals surface area contributed by atoms with Gasteiger partial charge in [0.15, 0.2) is 23.0 Å². The molecule has 0 saturated heterocycles. The number of hydrogen-bond donors (Lipinski definition) is 0. The molecule has 26 heteroatoms. The molecule has 6 atom stereocenters. The third-order valence-corrected chi connectivity index (χ3v) is 13.5. The van der Waals surface area contributed by atoms with E-state index in [9.17, 15) is 47.9 Å². The van der Waals surface area contributed by atoms with Gasteiger partial charge in [0.25, 0.3) is 0 Å². The van der Waals surface area contributed by atoms with E-state index < -0.39 is 124 Å². The number of carbonyl (C=O) groups excluding carboxylic acids is 10. The monoisotopic (exact) mass is 1230 g/mol. The third kappa shape index (κ3) is 20.1. The number of hydrogen-bond acceptors (Lipinski definition) is 26. The Hall–Kier alpha value is -10.4. The highest BCUT2D eigenvalue weighted by Crippen LogP contribution is 2.43. The molecular formula is C62H66O26. The average Bonchev–Trinajstić information content (AvgIpc) is 3.63. The molecule has 0 heterocycles. The van der Waals surface area contributed by atoms with Gasteiger partial charge < -0.3 is 75.8 Å². The highest BCUT2D eigenvalue weighted by molar-refractivity contribution is 5.92. The normalized spacial score (nSPS) is 17.4. The summed E-state index contributed by atoms with van der Waals surface area (Å²) in [4.78, 5) is 126. The molecule has 2 saturated carbocycles. The Morgan fingerprint density at radius 2 is 0.659 bits per heavy atom. The minimum Gasteiger partial charge on any atom is -0.458 e. The minimum absolute atomic E-state index is 0.146. The van der Waals surface area contributed by atoms with Gasteiger partial charge in [-0.2, -0.15) is 0 Å². The zero-order valence-corrected chi connectivity index (χ0v) is 48.7. The van der Waals surface area contributed by atoms with Crippen LogP contribution >= 0.6 is 0 Å². The third-order valence-electron chi connectivity index (χ3n) is 13.5. The Balaban J connectivity index is 1.20. The molecule has 470 valence electrons. The summed E-state index contributed by atoms with van der Waals surface area (Å²) in [7, 11) is 0. The topological polar surface area (TPSA) is 318 Å². The zero-order chi connectivity index (χ0) is 64.5. The summed E-state index contributed by atoms with van der Waals surface area (Å²) in [5, 5.41) is 0. The lowest BCUT2D eigenvalue weighted by Crippen LogP contribution is -2.36. The van der Waals surface area contributed by atoms with Gasteiger partial charge in [0, 0.05) is 36.5 Å². The Bertz CT molecular complexity index is 2850. The van der Waals surface area contributed by atoms with E-state index in [1.54, 1.807) is 27.7 Å². The summed E-state index contributed by atoms with van der Waals surface area (Å²) in [6.07, 6.45) is 5.58. The molecule has 88 heavy (non-hydrogen) atoms. The summed E-state index contributed by atoms with van der Waals surface area (Å²) in [6.45, 7) is 22.8. The van der Waals surface area contributed by atoms with E-state index >= 15 is 0 Å². The van der Waals surface area contributed by atoms with Gasteiger partial charge in [-0.1, -0.05) is 53.3 Å². The zero-order valence-electron chi connectivity index (χ0n) is 48.7. The summed E-state index contributed by atoms with van der Waals surface area (Å²) in [5.74, 6) is -10.7. The number of benzene rings is 3. The first kappa shape index (κ1) is 68.4. The number of ether oxygens (including phenoxy) is 16. The molecule has 2 fully saturated rings. The van der Waals surface area contributed by atoms with Gasteiger partial charge in [-0.05, 0) is 112 Å². The summed E-state index contributed by atoms with van der Waals surface area (Å²) >= 11 is 0. The molecule has 5 rings (SSSR count). The van der Waals surface area contributed by atoms with Gasteiger partial charge in [-0.3, -0.25) is 9.59 Å². The lowest BCUT2D eigenvalue weighted by Gasteiger charge is -2.33. The van der Waals surface area contributed by atoms with Gasteiger partial charge in [-0.25, -0.2) is 38.4 Å². The quantitative estimate of drug-likeness (QED) is 0.0189. The molecule has 6 unspecified atom stereocenters. The maximum absolute atomic E-state index is 13.8. The van der Waals surface area contributed by atoms with Gasteiger partial charge in [0.1, 0.15) is 23.7 Å². The Morgan fingerprint density at radius 1 is 0.398 bits per heavy atom. The fourth-order valence-corrected chi connectivity index (χ4v) is 8.65. The SMILES string of the molecule is C=CC(=O)OCOc1cc(C(=O)OC2CCC(C(=O)Oc3ccc(OC(=O)C4CCC(OC(=O)c5cc(OCOC(=O)C=C)c(OCOC(=O)C=C)c(OCOC(=O)C=C)c5)C(C)C4)c(C)c3C)CC2C)cc(OCOC(=O)C=C)c1OCOC(=O)C=C. The second-order valence-electron chi connectivity index (χ2n) is 19.2. The fourth-order valence-electron chi connectivity index (χ4n) is 8.65. The molecule has 26 nitrogen and oxygen atoms in total. The molecule has 0 spiro atoms. The van der Waals surface area contributed by atoms with E-state index in [0.29, 0.717) is 11.1 Å². The van der Waals surface area contributed by atoms with Crippen molar-refractivity contribution < 1.29 is 124 Å². The molecule has 2 aliphatic rings. The predicted octanol–water partition coefficient (Wildman–Crippen LogP) is 7.83. The van der Waals surface area contributed by atoms with Crippen LogP contribution in [0.2, 0.25) is 0 Å². The van der Waals surface area contributed by atoms with Crippen molar-refractivity contribution in [2.24, 2.45) is 23.7 Å². The number of rotatable bonds is 32. The van der Waals surface area contributed by atoms with Crippen LogP contribution in [0.1, 0.15) is 84.2 Å². The highest BCUT2D eigenvalue weighted by Gasteiger charge is 2.38. The van der Waals surface area contributed by atoms with Crippen molar-refractivity contribution in [2.75, 3.05) is 40.8 Å². The molecule has 2 aliphatic carbocycles. The van der Waals surface area contributed by atoms with Gasteiger partial charge in [0.05, 0.1) is 23.0 Å². The largest absolute Gasteiger partial charge is 0.458 e. The molecular weight excluding hydrogens is 1160 g/mol. The summed E-state index contributed by atoms with van der Waals surface area (Å²) in [6, 6.07) is 7.83. The van der Waals surface area contributed by atoms with Crippen molar-refractivity contribution in [3.8, 4) is 46.0 Å². The van der Waals surface area contributed by atoms with E-state index in [-0.39, 0.29) is 107 Å². The van der Waals surface area contributed by atoms with Crippen LogP contribution in [0.25, 0.3) is 0 Å². The first-order valence-corrected chi connectivity index (χ1v) is 27.0. The second kappa shape index (κ2) is 33.9. The van der Waals surface area contributed by atoms with Crippen LogP contribution < -0.4 is 37.9 Å². The molecule has 0 N–H and O–H groups in total. The summed E-state index contributed by atoms with van der Waals surface area (Å²) < 4.78 is 86.8. The molecule has 0 bridgehead atoms. The Kier molecular flexibility index (Phi) is 26.4. The van der Waals surface area contributed by atoms with Crippen LogP contribution in [-0.2, 0) is 76.3 Å². The van der Waals surface area contributed by atoms with Gasteiger partial charge >= 0.3 is 59.7 Å². The van der Waals surface area contributed by atoms with Crippen molar-refractivity contribution in [3.63, 3.8) is 0 Å². The minimum atomic E-state index is -0.858. The van der Waals surface area contributed by atoms with Crippen LogP contribution in [0.5, 0.6) is 46.0 Å². The number of carbonyl (C=O) groups is 10. The standard InChI is InChI=1S/C62H66O26/c1-11-51(63)77-29-73-47-25-41(26-48(74-30-78-52(64)12-2)57(47)83-33-81-55(67)15-5)61(71)85-43-19-17-39(23-35(43)7)59(69)87-45-21-22-46(38(10)37(45)9)88-60(70)40-18-20-44(36(8)24-40)86-62(72)42-27-49(75-31-79-53(65)13-3)58(84-34-82-56(68)16-6)50(28-42)76-32-80-54(66)14-4/h11-16,21-22,25-28,35-36,39-40,43-44H,1-6,17-20,23-24,29-34H2,7-10H3. The van der Waals surface area contributed by atoms with Crippen LogP contribution in [0.3, 0.4) is 0 Å². The lowest BCUT2D eigenvalue weighted by atomic mass is 9.80. The lowest BCUT2D eigenvalue weighted by molar-refractivity contribution is -0.146. The van der Waals surface area contributed by atoms with Crippen molar-refractivity contribution in [1.82, 2.24) is 0 Å². The van der Waals surface area contributed by atoms with Crippen molar-refractivity contribution >= 4 is 59.7 Å². The molecule has 0 aliphatic heterocycles. The molecule has 0 aromatic heterocycles. The Morgan fingerprint density at radius 3 is 0.909 bits per heavy atom.